The third kappa shape index (κ3) is 17.1. The maximum absolute atomic E-state index is 9.79. The van der Waals surface area contributed by atoms with Crippen molar-refractivity contribution in [3.05, 3.63) is 0 Å². The van der Waals surface area contributed by atoms with E-state index in [1.807, 2.05) is 0 Å². The molecule has 0 aliphatic carbocycles. The predicted octanol–water partition coefficient (Wildman–Crippen LogP) is -0.315. The van der Waals surface area contributed by atoms with Crippen LogP contribution in [0.5, 0.6) is 0 Å². The lowest BCUT2D eigenvalue weighted by molar-refractivity contribution is -0.145. The topological polar surface area (TPSA) is 115 Å². The van der Waals surface area contributed by atoms with Crippen molar-refractivity contribution in [2.45, 2.75) is 32.3 Å². The number of unbranched alkanes of at least 4 members (excludes halogenated alkanes) is 1. The molecule has 0 fully saturated rings. The van der Waals surface area contributed by atoms with Crippen molar-refractivity contribution in [3.8, 4) is 0 Å². The number of aliphatic hydroxyl groups is 2. The van der Waals surface area contributed by atoms with E-state index in [0.29, 0.717) is 12.8 Å². The Morgan fingerprint density at radius 3 is 1.86 bits per heavy atom. The highest BCUT2D eigenvalue weighted by atomic mass is 16.4. The van der Waals surface area contributed by atoms with Crippen LogP contribution < -0.4 is 0 Å². The molecule has 0 spiro atoms. The second-order valence-electron chi connectivity index (χ2n) is 2.59. The summed E-state index contributed by atoms with van der Waals surface area (Å²) >= 11 is 0. The second kappa shape index (κ2) is 9.94. The van der Waals surface area contributed by atoms with Gasteiger partial charge in [-0.2, -0.15) is 0 Å². The van der Waals surface area contributed by atoms with Gasteiger partial charge in [-0.25, -0.2) is 4.79 Å². The number of aliphatic carboxylic acids is 2. The van der Waals surface area contributed by atoms with E-state index in [4.69, 9.17) is 20.4 Å². The van der Waals surface area contributed by atoms with E-state index in [0.717, 1.165) is 0 Å². The summed E-state index contributed by atoms with van der Waals surface area (Å²) < 4.78 is 0. The first-order valence-electron chi connectivity index (χ1n) is 4.15. The summed E-state index contributed by atoms with van der Waals surface area (Å²) in [5, 5.41) is 32.0. The summed E-state index contributed by atoms with van der Waals surface area (Å²) in [4.78, 5) is 19.2. The molecule has 0 saturated carbocycles. The van der Waals surface area contributed by atoms with Crippen molar-refractivity contribution in [2.75, 3.05) is 6.61 Å². The van der Waals surface area contributed by atoms with Crippen LogP contribution in [-0.2, 0) is 9.59 Å². The van der Waals surface area contributed by atoms with Crippen molar-refractivity contribution in [3.63, 3.8) is 0 Å². The van der Waals surface area contributed by atoms with E-state index in [2.05, 4.69) is 0 Å². The number of carbonyl (C=O) groups is 2. The minimum absolute atomic E-state index is 0.0906. The molecule has 0 radical (unpaired) electrons. The van der Waals surface area contributed by atoms with Gasteiger partial charge in [-0.05, 0) is 19.8 Å². The Morgan fingerprint density at radius 1 is 1.21 bits per heavy atom. The highest BCUT2D eigenvalue weighted by Gasteiger charge is 2.01. The van der Waals surface area contributed by atoms with E-state index in [9.17, 15) is 9.59 Å². The van der Waals surface area contributed by atoms with Crippen LogP contribution >= 0.6 is 0 Å². The summed E-state index contributed by atoms with van der Waals surface area (Å²) in [6, 6.07) is 0. The van der Waals surface area contributed by atoms with E-state index in [1.54, 1.807) is 0 Å². The Morgan fingerprint density at radius 2 is 1.64 bits per heavy atom. The molecule has 1 atom stereocenters. The van der Waals surface area contributed by atoms with Gasteiger partial charge >= 0.3 is 11.9 Å². The quantitative estimate of drug-likeness (QED) is 0.460. The van der Waals surface area contributed by atoms with Crippen LogP contribution in [0.1, 0.15) is 26.2 Å². The molecule has 0 aliphatic heterocycles. The van der Waals surface area contributed by atoms with Crippen molar-refractivity contribution in [2.24, 2.45) is 0 Å². The average molecular weight is 208 g/mol. The van der Waals surface area contributed by atoms with Gasteiger partial charge in [0.1, 0.15) is 6.10 Å². The van der Waals surface area contributed by atoms with Gasteiger partial charge in [-0.3, -0.25) is 4.79 Å². The van der Waals surface area contributed by atoms with E-state index < -0.39 is 18.0 Å². The number of rotatable bonds is 5. The zero-order valence-corrected chi connectivity index (χ0v) is 8.01. The van der Waals surface area contributed by atoms with Gasteiger partial charge in [-0.15, -0.1) is 0 Å². The van der Waals surface area contributed by atoms with Gasteiger partial charge in [0.05, 0.1) is 0 Å². The lowest BCUT2D eigenvalue weighted by atomic mass is 10.2. The standard InChI is InChI=1S/C5H10O3.C3H6O3/c6-4-2-1-3-5(7)8;1-2(4)3(5)6/h6H,1-4H2,(H,7,8);2,4H,1H3,(H,5,6). The molecule has 0 aromatic carbocycles. The van der Waals surface area contributed by atoms with Crippen LogP contribution in [-0.4, -0.2) is 45.1 Å². The monoisotopic (exact) mass is 208 g/mol. The van der Waals surface area contributed by atoms with Crippen LogP contribution in [0.4, 0.5) is 0 Å². The number of carboxylic acids is 2. The first-order valence-corrected chi connectivity index (χ1v) is 4.15. The smallest absolute Gasteiger partial charge is 0.332 e. The molecule has 0 aliphatic rings. The molecule has 1 unspecified atom stereocenters. The molecule has 0 bridgehead atoms. The molecule has 84 valence electrons. The molecule has 6 nitrogen and oxygen atoms in total. The molecule has 14 heavy (non-hydrogen) atoms. The Kier molecular flexibility index (Phi) is 10.9. The van der Waals surface area contributed by atoms with Gasteiger partial charge in [-0.1, -0.05) is 0 Å². The fourth-order valence-electron chi connectivity index (χ4n) is 0.388. The van der Waals surface area contributed by atoms with E-state index >= 15 is 0 Å². The first-order chi connectivity index (χ1) is 6.41. The van der Waals surface area contributed by atoms with Gasteiger partial charge in [0.25, 0.3) is 0 Å². The Balaban J connectivity index is 0. The zero-order chi connectivity index (χ0) is 11.6. The molecular formula is C8H16O6. The van der Waals surface area contributed by atoms with Crippen molar-refractivity contribution < 1.29 is 30.0 Å². The first kappa shape index (κ1) is 15.3. The average Bonchev–Trinajstić information content (AvgIpc) is 2.05. The largest absolute Gasteiger partial charge is 0.481 e. The molecule has 6 heteroatoms. The molecule has 4 N–H and O–H groups in total. The van der Waals surface area contributed by atoms with E-state index in [1.165, 1.54) is 6.92 Å². The van der Waals surface area contributed by atoms with Gasteiger partial charge in [0.15, 0.2) is 0 Å². The predicted molar refractivity (Wildman–Crippen MR) is 47.9 cm³/mol. The molecule has 0 heterocycles. The maximum atomic E-state index is 9.79. The molecule has 0 saturated heterocycles. The molecule has 0 aromatic rings. The van der Waals surface area contributed by atoms with Crippen LogP contribution in [0, 0.1) is 0 Å². The minimum Gasteiger partial charge on any atom is -0.481 e. The minimum atomic E-state index is -1.23. The van der Waals surface area contributed by atoms with Crippen molar-refractivity contribution in [1.29, 1.82) is 0 Å². The lowest BCUT2D eigenvalue weighted by Gasteiger charge is -1.89. The number of hydrogen-bond acceptors (Lipinski definition) is 4. The van der Waals surface area contributed by atoms with Gasteiger partial charge in [0, 0.05) is 13.0 Å². The molecule has 0 rings (SSSR count). The second-order valence-corrected chi connectivity index (χ2v) is 2.59. The van der Waals surface area contributed by atoms with Crippen molar-refractivity contribution >= 4 is 11.9 Å². The van der Waals surface area contributed by atoms with E-state index in [-0.39, 0.29) is 13.0 Å². The Bertz CT molecular complexity index is 165. The number of hydrogen-bond donors (Lipinski definition) is 4. The highest BCUT2D eigenvalue weighted by molar-refractivity contribution is 5.71. The van der Waals surface area contributed by atoms with Gasteiger partial charge in [0.2, 0.25) is 0 Å². The Hall–Kier alpha value is -1.14. The fraction of sp³-hybridized carbons (Fsp3) is 0.750. The normalized spacial score (nSPS) is 11.1. The van der Waals surface area contributed by atoms with Crippen LogP contribution in [0.3, 0.4) is 0 Å². The van der Waals surface area contributed by atoms with Crippen molar-refractivity contribution in [1.82, 2.24) is 0 Å². The Labute approximate surface area is 81.8 Å². The summed E-state index contributed by atoms with van der Waals surface area (Å²) in [5.74, 6) is -1.98. The zero-order valence-electron chi connectivity index (χ0n) is 8.01. The summed E-state index contributed by atoms with van der Waals surface area (Å²) in [7, 11) is 0. The maximum Gasteiger partial charge on any atom is 0.332 e. The third-order valence-electron chi connectivity index (χ3n) is 1.16. The van der Waals surface area contributed by atoms with Crippen LogP contribution in [0.15, 0.2) is 0 Å². The molecule has 0 aromatic heterocycles. The lowest BCUT2D eigenvalue weighted by Crippen LogP contribution is -2.13. The summed E-state index contributed by atoms with van der Waals surface area (Å²) in [6.45, 7) is 1.29. The van der Waals surface area contributed by atoms with Gasteiger partial charge < -0.3 is 20.4 Å². The van der Waals surface area contributed by atoms with Crippen LogP contribution in [0.2, 0.25) is 0 Å². The highest BCUT2D eigenvalue weighted by Crippen LogP contribution is 1.92. The third-order valence-corrected chi connectivity index (χ3v) is 1.16. The summed E-state index contributed by atoms with van der Waals surface area (Å²) in [5.41, 5.74) is 0. The molecular weight excluding hydrogens is 192 g/mol. The number of aliphatic hydroxyl groups excluding tert-OH is 2. The van der Waals surface area contributed by atoms with Crippen LogP contribution in [0.25, 0.3) is 0 Å². The SMILES string of the molecule is CC(O)C(=O)O.O=C(O)CCCCO. The molecule has 0 amide bonds. The number of carboxylic acid groups (broad SMARTS) is 2. The fourth-order valence-corrected chi connectivity index (χ4v) is 0.388. The summed E-state index contributed by atoms with van der Waals surface area (Å²) in [6.07, 6.45) is 0.101.